The molecule has 0 aromatic heterocycles. The minimum atomic E-state index is -0.119. The number of hydrogen-bond donors (Lipinski definition) is 2. The van der Waals surface area contributed by atoms with Gasteiger partial charge in [-0.15, -0.1) is 0 Å². The van der Waals surface area contributed by atoms with Crippen LogP contribution in [0.5, 0.6) is 0 Å². The van der Waals surface area contributed by atoms with Crippen LogP contribution in [0.1, 0.15) is 20.3 Å². The molecule has 11 heavy (non-hydrogen) atoms. The summed E-state index contributed by atoms with van der Waals surface area (Å²) in [7, 11) is 0. The summed E-state index contributed by atoms with van der Waals surface area (Å²) in [5, 5.41) is 10.6. The van der Waals surface area contributed by atoms with Gasteiger partial charge < -0.3 is 5.73 Å². The van der Waals surface area contributed by atoms with E-state index >= 15 is 0 Å². The van der Waals surface area contributed by atoms with Gasteiger partial charge in [0.05, 0.1) is 5.84 Å². The summed E-state index contributed by atoms with van der Waals surface area (Å²) in [4.78, 5) is 10.8. The van der Waals surface area contributed by atoms with Crippen LogP contribution in [-0.2, 0) is 4.79 Å². The van der Waals surface area contributed by atoms with E-state index in [0.717, 1.165) is 0 Å². The van der Waals surface area contributed by atoms with Gasteiger partial charge in [-0.3, -0.25) is 15.5 Å². The van der Waals surface area contributed by atoms with Gasteiger partial charge in [0.1, 0.15) is 0 Å². The predicted octanol–water partition coefficient (Wildman–Crippen LogP) is 0.0995. The molecule has 0 bridgehead atoms. The Morgan fingerprint density at radius 1 is 1.64 bits per heavy atom. The average Bonchev–Trinajstić information content (AvgIpc) is 1.86. The van der Waals surface area contributed by atoms with Crippen LogP contribution in [0.2, 0.25) is 0 Å². The molecule has 0 rings (SSSR count). The average molecular weight is 156 g/mol. The number of nitrogens with one attached hydrogen (secondary N) is 1. The molecule has 0 heterocycles. The third-order valence-electron chi connectivity index (χ3n) is 1.14. The Morgan fingerprint density at radius 3 is 2.55 bits per heavy atom. The van der Waals surface area contributed by atoms with Crippen LogP contribution in [-0.4, -0.2) is 18.3 Å². The summed E-state index contributed by atoms with van der Waals surface area (Å²) in [6.45, 7) is 3.92. The summed E-state index contributed by atoms with van der Waals surface area (Å²) in [6, 6.07) is 0. The zero-order chi connectivity index (χ0) is 8.85. The zero-order valence-corrected chi connectivity index (χ0v) is 6.92. The van der Waals surface area contributed by atoms with Crippen LogP contribution >= 0.6 is 0 Å². The molecule has 0 saturated carbocycles. The Bertz CT molecular complexity index is 154. The van der Waals surface area contributed by atoms with E-state index < -0.39 is 0 Å². The minimum absolute atomic E-state index is 0.0537. The van der Waals surface area contributed by atoms with E-state index in [4.69, 9.17) is 11.1 Å². The van der Waals surface area contributed by atoms with E-state index in [1.807, 2.05) is 0 Å². The number of nitrogens with zero attached hydrogens (tertiary/aromatic N) is 1. The van der Waals surface area contributed by atoms with Gasteiger partial charge in [-0.1, -0.05) is 13.8 Å². The molecule has 0 aliphatic rings. The molecule has 4 nitrogen and oxygen atoms in total. The molecule has 0 atom stereocenters. The van der Waals surface area contributed by atoms with E-state index in [1.54, 1.807) is 13.8 Å². The number of amides is 1. The SMILES string of the molecule is CC(C)C(=O)[N]CCC(=N)N. The second-order valence-corrected chi connectivity index (χ2v) is 2.65. The van der Waals surface area contributed by atoms with Crippen molar-refractivity contribution in [1.29, 1.82) is 5.41 Å². The standard InChI is InChI=1S/C7H14N3O/c1-5(2)7(11)10-4-3-6(8)9/h5H,3-4H2,1-2H3,(H3,8,9). The molecule has 1 amide bonds. The second-order valence-electron chi connectivity index (χ2n) is 2.65. The third-order valence-corrected chi connectivity index (χ3v) is 1.14. The molecule has 0 fully saturated rings. The first kappa shape index (κ1) is 9.94. The molecular weight excluding hydrogens is 142 g/mol. The van der Waals surface area contributed by atoms with E-state index in [-0.39, 0.29) is 17.7 Å². The molecule has 0 saturated heterocycles. The molecular formula is C7H14N3O. The van der Waals surface area contributed by atoms with Crippen molar-refractivity contribution < 1.29 is 4.79 Å². The van der Waals surface area contributed by atoms with Crippen LogP contribution in [0.3, 0.4) is 0 Å². The van der Waals surface area contributed by atoms with Gasteiger partial charge in [-0.25, -0.2) is 0 Å². The number of amidine groups is 1. The first-order valence-electron chi connectivity index (χ1n) is 3.58. The Balaban J connectivity index is 3.39. The molecule has 0 aromatic carbocycles. The van der Waals surface area contributed by atoms with Crippen LogP contribution in [0.15, 0.2) is 0 Å². The normalized spacial score (nSPS) is 9.73. The Kier molecular flexibility index (Phi) is 4.26. The smallest absolute Gasteiger partial charge is 0.243 e. The lowest BCUT2D eigenvalue weighted by Gasteiger charge is -2.02. The highest BCUT2D eigenvalue weighted by Gasteiger charge is 2.06. The van der Waals surface area contributed by atoms with Gasteiger partial charge in [0.25, 0.3) is 0 Å². The van der Waals surface area contributed by atoms with Crippen molar-refractivity contribution in [3.8, 4) is 0 Å². The fourth-order valence-electron chi connectivity index (χ4n) is 0.469. The van der Waals surface area contributed by atoms with Crippen LogP contribution in [0, 0.1) is 11.3 Å². The molecule has 4 heteroatoms. The Labute approximate surface area is 66.7 Å². The monoisotopic (exact) mass is 156 g/mol. The molecule has 0 spiro atoms. The quantitative estimate of drug-likeness (QED) is 0.447. The van der Waals surface area contributed by atoms with E-state index in [9.17, 15) is 4.79 Å². The number of carbonyl (C=O) groups excluding carboxylic acids is 1. The van der Waals surface area contributed by atoms with Crippen molar-refractivity contribution in [2.45, 2.75) is 20.3 Å². The first-order valence-corrected chi connectivity index (χ1v) is 3.58. The molecule has 0 unspecified atom stereocenters. The molecule has 3 N–H and O–H groups in total. The fourth-order valence-corrected chi connectivity index (χ4v) is 0.469. The second kappa shape index (κ2) is 4.71. The zero-order valence-electron chi connectivity index (χ0n) is 6.92. The fraction of sp³-hybridized carbons (Fsp3) is 0.714. The number of hydrogen-bond acceptors (Lipinski definition) is 2. The highest BCUT2D eigenvalue weighted by atomic mass is 16.1. The molecule has 0 aromatic rings. The highest BCUT2D eigenvalue weighted by Crippen LogP contribution is 1.91. The summed E-state index contributed by atoms with van der Waals surface area (Å²) in [5.41, 5.74) is 5.07. The van der Waals surface area contributed by atoms with E-state index in [1.165, 1.54) is 0 Å². The van der Waals surface area contributed by atoms with Crippen molar-refractivity contribution in [3.05, 3.63) is 0 Å². The highest BCUT2D eigenvalue weighted by molar-refractivity contribution is 5.80. The maximum atomic E-state index is 10.8. The van der Waals surface area contributed by atoms with Crippen molar-refractivity contribution >= 4 is 11.7 Å². The third kappa shape index (κ3) is 5.39. The maximum absolute atomic E-state index is 10.8. The first-order chi connectivity index (χ1) is 5.04. The lowest BCUT2D eigenvalue weighted by Crippen LogP contribution is -2.24. The van der Waals surface area contributed by atoms with Crippen molar-refractivity contribution in [3.63, 3.8) is 0 Å². The lowest BCUT2D eigenvalue weighted by molar-refractivity contribution is -0.124. The molecule has 1 radical (unpaired) electrons. The van der Waals surface area contributed by atoms with Crippen molar-refractivity contribution in [1.82, 2.24) is 5.32 Å². The maximum Gasteiger partial charge on any atom is 0.243 e. The van der Waals surface area contributed by atoms with Gasteiger partial charge in [-0.05, 0) is 0 Å². The van der Waals surface area contributed by atoms with Crippen LogP contribution in [0.4, 0.5) is 0 Å². The van der Waals surface area contributed by atoms with Gasteiger partial charge in [0, 0.05) is 18.9 Å². The lowest BCUT2D eigenvalue weighted by atomic mass is 10.2. The van der Waals surface area contributed by atoms with Crippen molar-refractivity contribution in [2.75, 3.05) is 6.54 Å². The Morgan fingerprint density at radius 2 is 2.18 bits per heavy atom. The van der Waals surface area contributed by atoms with E-state index in [2.05, 4.69) is 5.32 Å². The summed E-state index contributed by atoms with van der Waals surface area (Å²) in [6.07, 6.45) is 0.373. The topological polar surface area (TPSA) is 81.0 Å². The van der Waals surface area contributed by atoms with Gasteiger partial charge in [0.2, 0.25) is 5.91 Å². The van der Waals surface area contributed by atoms with E-state index in [0.29, 0.717) is 13.0 Å². The number of carbonyl (C=O) groups is 1. The largest absolute Gasteiger partial charge is 0.388 e. The minimum Gasteiger partial charge on any atom is -0.388 e. The summed E-state index contributed by atoms with van der Waals surface area (Å²) < 4.78 is 0. The number of nitrogens with two attached hydrogens (primary N) is 1. The molecule has 0 aliphatic carbocycles. The Hall–Kier alpha value is -1.06. The molecule has 63 valence electrons. The van der Waals surface area contributed by atoms with Crippen molar-refractivity contribution in [2.24, 2.45) is 11.7 Å². The van der Waals surface area contributed by atoms with Gasteiger partial charge in [-0.2, -0.15) is 0 Å². The number of rotatable bonds is 4. The van der Waals surface area contributed by atoms with Crippen LogP contribution in [0.25, 0.3) is 0 Å². The van der Waals surface area contributed by atoms with Gasteiger partial charge >= 0.3 is 0 Å². The molecule has 0 aliphatic heterocycles. The summed E-state index contributed by atoms with van der Waals surface area (Å²) >= 11 is 0. The van der Waals surface area contributed by atoms with Crippen LogP contribution < -0.4 is 11.1 Å². The summed E-state index contributed by atoms with van der Waals surface area (Å²) in [5.74, 6) is -0.0986. The van der Waals surface area contributed by atoms with Gasteiger partial charge in [0.15, 0.2) is 0 Å². The predicted molar refractivity (Wildman–Crippen MR) is 43.4 cm³/mol.